The zero-order valence-electron chi connectivity index (χ0n) is 29.6. The van der Waals surface area contributed by atoms with Crippen LogP contribution in [0.1, 0.15) is 81.3 Å². The number of amides is 1. The Hall–Kier alpha value is -3.67. The van der Waals surface area contributed by atoms with Crippen molar-refractivity contribution < 1.29 is 23.6 Å². The molecule has 1 amide bonds. The summed E-state index contributed by atoms with van der Waals surface area (Å²) in [6.45, 7) is 12.7. The maximum Gasteiger partial charge on any atom is 0.410 e. The molecule has 1 saturated carbocycles. The van der Waals surface area contributed by atoms with Gasteiger partial charge in [-0.25, -0.2) is 9.78 Å². The summed E-state index contributed by atoms with van der Waals surface area (Å²) in [7, 11) is 4.01. The third kappa shape index (κ3) is 9.93. The lowest BCUT2D eigenvalue weighted by molar-refractivity contribution is 0.0458. The molecule has 0 saturated heterocycles. The molecule has 2 atom stereocenters. The van der Waals surface area contributed by atoms with Gasteiger partial charge in [-0.1, -0.05) is 44.2 Å². The summed E-state index contributed by atoms with van der Waals surface area (Å²) < 4.78 is 28.1. The number of carbonyl (C=O) groups excluding carboxylic acids is 2. The highest BCUT2D eigenvalue weighted by Crippen LogP contribution is 2.31. The molecular formula is C37H51N5O5S. The molecule has 0 radical (unpaired) electrons. The largest absolute Gasteiger partial charge is 0.588 e. The minimum absolute atomic E-state index is 0.130. The second-order valence-electron chi connectivity index (χ2n) is 13.5. The summed E-state index contributed by atoms with van der Waals surface area (Å²) in [6, 6.07) is 15.2. The molecule has 0 bridgehead atoms. The summed E-state index contributed by atoms with van der Waals surface area (Å²) in [5, 5.41) is 0. The van der Waals surface area contributed by atoms with Gasteiger partial charge in [0.2, 0.25) is 5.88 Å². The predicted octanol–water partition coefficient (Wildman–Crippen LogP) is 7.22. The molecule has 1 aliphatic rings. The Morgan fingerprint density at radius 3 is 2.27 bits per heavy atom. The normalized spacial score (nSPS) is 17.7. The Kier molecular flexibility index (Phi) is 13.3. The van der Waals surface area contributed by atoms with Gasteiger partial charge in [0.05, 0.1) is 11.8 Å². The summed E-state index contributed by atoms with van der Waals surface area (Å²) in [4.78, 5) is 37.8. The number of rotatable bonds is 14. The van der Waals surface area contributed by atoms with E-state index in [9.17, 15) is 14.1 Å². The summed E-state index contributed by atoms with van der Waals surface area (Å²) in [5.41, 5.74) is 4.19. The quantitative estimate of drug-likeness (QED) is 0.139. The van der Waals surface area contributed by atoms with Gasteiger partial charge in [-0.15, -0.1) is 0 Å². The first-order chi connectivity index (χ1) is 22.9. The van der Waals surface area contributed by atoms with E-state index >= 15 is 0 Å². The number of benzene rings is 2. The third-order valence-corrected chi connectivity index (χ3v) is 10.0. The number of nitrogens with zero attached hydrogens (tertiary/aromatic N) is 4. The van der Waals surface area contributed by atoms with Crippen molar-refractivity contribution in [1.82, 2.24) is 19.8 Å². The highest BCUT2D eigenvalue weighted by atomic mass is 32.2. The fourth-order valence-electron chi connectivity index (χ4n) is 6.40. The van der Waals surface area contributed by atoms with E-state index in [0.29, 0.717) is 40.6 Å². The molecule has 1 unspecified atom stereocenters. The van der Waals surface area contributed by atoms with Gasteiger partial charge in [-0.05, 0) is 90.0 Å². The fourth-order valence-corrected chi connectivity index (χ4v) is 7.22. The molecule has 11 heteroatoms. The molecule has 2 aromatic carbocycles. The summed E-state index contributed by atoms with van der Waals surface area (Å²) in [6.07, 6.45) is 5.05. The lowest BCUT2D eigenvalue weighted by Crippen LogP contribution is -2.48. The van der Waals surface area contributed by atoms with Gasteiger partial charge in [0.25, 0.3) is 5.95 Å². The second-order valence-corrected chi connectivity index (χ2v) is 14.7. The first-order valence-electron chi connectivity index (χ1n) is 16.8. The van der Waals surface area contributed by atoms with Crippen LogP contribution < -0.4 is 9.46 Å². The van der Waals surface area contributed by atoms with Crippen LogP contribution in [0.15, 0.2) is 53.4 Å². The minimum Gasteiger partial charge on any atom is -0.588 e. The number of hydrogen-bond acceptors (Lipinski definition) is 9. The lowest BCUT2D eigenvalue weighted by Gasteiger charge is -2.41. The van der Waals surface area contributed by atoms with E-state index in [1.807, 2.05) is 59.0 Å². The van der Waals surface area contributed by atoms with E-state index < -0.39 is 11.4 Å². The van der Waals surface area contributed by atoms with Crippen LogP contribution in [0.2, 0.25) is 0 Å². The summed E-state index contributed by atoms with van der Waals surface area (Å²) >= 11 is -1.70. The standard InChI is InChI=1S/C37H51N5O5S/c1-24(2)19-31(41(7)29-15-17-30(18-16-29)42(8)37(44)47-25(3)4)23-46-34-21-33(35-26(5)11-9-12-27(35)6)38-36(39-34)40-48(45)32-14-10-13-28(20-32)22-43/h9-14,20-22,24-25,29-31H,15-19,23H2,1-8H3,(H,38,39,40)/t29-,30-,31-,48?/m1/s1. The molecule has 48 heavy (non-hydrogen) atoms. The highest BCUT2D eigenvalue weighted by molar-refractivity contribution is 7.92. The van der Waals surface area contributed by atoms with E-state index in [2.05, 4.69) is 35.5 Å². The Morgan fingerprint density at radius 2 is 1.65 bits per heavy atom. The zero-order valence-corrected chi connectivity index (χ0v) is 30.4. The van der Waals surface area contributed by atoms with Crippen molar-refractivity contribution in [2.24, 2.45) is 5.92 Å². The Balaban J connectivity index is 1.53. The number of aryl methyl sites for hydroxylation is 2. The van der Waals surface area contributed by atoms with Crippen LogP contribution in [0.4, 0.5) is 10.7 Å². The van der Waals surface area contributed by atoms with Gasteiger partial charge in [-0.2, -0.15) is 9.71 Å². The number of aldehydes is 1. The number of likely N-dealkylation sites (N-methyl/N-ethyl adjacent to an activating group) is 1. The molecule has 4 rings (SSSR count). The van der Waals surface area contributed by atoms with Crippen LogP contribution in [0.25, 0.3) is 11.3 Å². The number of anilines is 1. The number of hydrogen-bond donors (Lipinski definition) is 1. The van der Waals surface area contributed by atoms with Gasteiger partial charge in [-0.3, -0.25) is 9.69 Å². The predicted molar refractivity (Wildman–Crippen MR) is 191 cm³/mol. The molecule has 1 heterocycles. The maximum atomic E-state index is 13.3. The first kappa shape index (κ1) is 37.2. The van der Waals surface area contributed by atoms with Crippen molar-refractivity contribution in [2.45, 2.75) is 103 Å². The van der Waals surface area contributed by atoms with Crippen molar-refractivity contribution in [3.63, 3.8) is 0 Å². The van der Waals surface area contributed by atoms with E-state index in [-0.39, 0.29) is 30.2 Å². The van der Waals surface area contributed by atoms with Crippen LogP contribution in [0, 0.1) is 19.8 Å². The van der Waals surface area contributed by atoms with E-state index in [1.54, 1.807) is 29.2 Å². The minimum atomic E-state index is -1.70. The molecule has 1 aliphatic carbocycles. The van der Waals surface area contributed by atoms with Crippen LogP contribution >= 0.6 is 0 Å². The maximum absolute atomic E-state index is 13.3. The van der Waals surface area contributed by atoms with E-state index in [4.69, 9.17) is 14.5 Å². The van der Waals surface area contributed by atoms with E-state index in [1.165, 1.54) is 0 Å². The Labute approximate surface area is 288 Å². The molecule has 1 N–H and O–H groups in total. The molecule has 10 nitrogen and oxygen atoms in total. The molecule has 1 aromatic heterocycles. The molecule has 1 fully saturated rings. The number of ether oxygens (including phenoxy) is 2. The van der Waals surface area contributed by atoms with Gasteiger partial charge in [0.15, 0.2) is 4.90 Å². The molecule has 0 aliphatic heterocycles. The number of aromatic nitrogens is 2. The van der Waals surface area contributed by atoms with Crippen LogP contribution in [0.5, 0.6) is 5.88 Å². The van der Waals surface area contributed by atoms with Crippen LogP contribution in [0.3, 0.4) is 0 Å². The Bertz CT molecular complexity index is 1510. The van der Waals surface area contributed by atoms with Crippen molar-refractivity contribution in [1.29, 1.82) is 0 Å². The van der Waals surface area contributed by atoms with Crippen molar-refractivity contribution >= 4 is 29.7 Å². The van der Waals surface area contributed by atoms with Crippen molar-refractivity contribution in [3.8, 4) is 17.1 Å². The van der Waals surface area contributed by atoms with Crippen molar-refractivity contribution in [3.05, 3.63) is 65.2 Å². The van der Waals surface area contributed by atoms with Gasteiger partial charge in [0, 0.05) is 48.4 Å². The van der Waals surface area contributed by atoms with E-state index in [0.717, 1.165) is 55.1 Å². The zero-order chi connectivity index (χ0) is 35.0. The smallest absolute Gasteiger partial charge is 0.410 e. The van der Waals surface area contributed by atoms with Crippen LogP contribution in [-0.2, 0) is 16.1 Å². The molecular weight excluding hydrogens is 627 g/mol. The van der Waals surface area contributed by atoms with Crippen LogP contribution in [-0.4, -0.2) is 81.6 Å². The number of nitrogens with one attached hydrogen (secondary N) is 1. The monoisotopic (exact) mass is 677 g/mol. The lowest BCUT2D eigenvalue weighted by atomic mass is 9.88. The topological polar surface area (TPSA) is 120 Å². The second kappa shape index (κ2) is 17.1. The SMILES string of the molecule is Cc1cccc(C)c1-c1cc(OC[C@@H](CC(C)C)N(C)[C@H]2CC[C@H](N(C)C(=O)OC(C)C)CC2)nc(N[S+]([O-])c2cccc(C=O)c2)n1. The third-order valence-electron chi connectivity index (χ3n) is 8.99. The Morgan fingerprint density at radius 1 is 1.00 bits per heavy atom. The average Bonchev–Trinajstić information content (AvgIpc) is 3.05. The molecule has 260 valence electrons. The van der Waals surface area contributed by atoms with Crippen molar-refractivity contribution in [2.75, 3.05) is 25.4 Å². The average molecular weight is 678 g/mol. The van der Waals surface area contributed by atoms with Gasteiger partial charge < -0.3 is 18.9 Å². The van der Waals surface area contributed by atoms with Gasteiger partial charge in [0.1, 0.15) is 24.3 Å². The highest BCUT2D eigenvalue weighted by Gasteiger charge is 2.32. The molecule has 0 spiro atoms. The fraction of sp³-hybridized carbons (Fsp3) is 0.514. The molecule has 3 aromatic rings. The number of carbonyl (C=O) groups is 2. The van der Waals surface area contributed by atoms with Gasteiger partial charge >= 0.3 is 6.09 Å². The first-order valence-corrected chi connectivity index (χ1v) is 18.0. The summed E-state index contributed by atoms with van der Waals surface area (Å²) in [5.74, 6) is 1.01.